The lowest BCUT2D eigenvalue weighted by atomic mass is 9.52. The second-order valence-corrected chi connectivity index (χ2v) is 20.5. The fraction of sp³-hybridized carbons (Fsp3) is 0.434. The highest BCUT2D eigenvalue weighted by molar-refractivity contribution is 8.00. The quantitative estimate of drug-likeness (QED) is 0.125. The zero-order chi connectivity index (χ0) is 40.5. The summed E-state index contributed by atoms with van der Waals surface area (Å²) < 4.78 is 26.4. The normalized spacial score (nSPS) is 21.1. The van der Waals surface area contributed by atoms with Gasteiger partial charge in [-0.3, -0.25) is 0 Å². The monoisotopic (exact) mass is 792 g/mol. The molecule has 0 amide bonds. The average Bonchev–Trinajstić information content (AvgIpc) is 3.70. The molecule has 1 saturated carbocycles. The predicted molar refractivity (Wildman–Crippen MR) is 241 cm³/mol. The standard InChI is InChI=1S/C53H60O4S/c1-9-11-15-28-52(27-12-10-2)56-44-30-41-42(31-45(44)58-52)48-40(47-46(41)39-16-13-14-17-43(39)51(47)33-49(3,4)32-50(5,6)34-51)26-29-53(57-48,35-18-22-37(54-7)23-19-35)36-20-24-38(55-8)25-21-36/h13-14,16-26,29-31H,9-12,15,27-28,32-34H2,1-8H3. The first-order valence-electron chi connectivity index (χ1n) is 21.7. The highest BCUT2D eigenvalue weighted by atomic mass is 32.2. The van der Waals surface area contributed by atoms with Gasteiger partial charge in [0.05, 0.1) is 19.1 Å². The van der Waals surface area contributed by atoms with E-state index in [0.717, 1.165) is 78.0 Å². The number of thioether (sulfide) groups is 1. The number of hydrogen-bond acceptors (Lipinski definition) is 5. The molecule has 1 spiro atoms. The number of benzene rings is 5. The Labute approximate surface area is 350 Å². The minimum Gasteiger partial charge on any atom is -0.497 e. The molecule has 4 aliphatic rings. The lowest BCUT2D eigenvalue weighted by Crippen LogP contribution is -2.44. The maximum atomic E-state index is 7.85. The molecule has 1 atom stereocenters. The van der Waals surface area contributed by atoms with Gasteiger partial charge in [0.15, 0.2) is 10.5 Å². The van der Waals surface area contributed by atoms with Gasteiger partial charge in [-0.1, -0.05) is 127 Å². The number of fused-ring (bicyclic) bond motifs is 11. The lowest BCUT2D eigenvalue weighted by molar-refractivity contribution is 0.0641. The smallest absolute Gasteiger partial charge is 0.178 e. The third-order valence-corrected chi connectivity index (χ3v) is 14.9. The fourth-order valence-corrected chi connectivity index (χ4v) is 13.2. The Morgan fingerprint density at radius 1 is 0.672 bits per heavy atom. The molecule has 5 heteroatoms. The molecule has 1 unspecified atom stereocenters. The van der Waals surface area contributed by atoms with Crippen LogP contribution in [0.4, 0.5) is 0 Å². The Morgan fingerprint density at radius 3 is 1.91 bits per heavy atom. The summed E-state index contributed by atoms with van der Waals surface area (Å²) in [6.45, 7) is 14.5. The van der Waals surface area contributed by atoms with Crippen LogP contribution in [-0.2, 0) is 11.0 Å². The van der Waals surface area contributed by atoms with Crippen molar-refractivity contribution in [2.45, 2.75) is 127 Å². The van der Waals surface area contributed by atoms with E-state index < -0.39 is 5.60 Å². The van der Waals surface area contributed by atoms with Crippen molar-refractivity contribution in [3.05, 3.63) is 119 Å². The van der Waals surface area contributed by atoms with E-state index in [1.807, 2.05) is 36.0 Å². The lowest BCUT2D eigenvalue weighted by Gasteiger charge is -2.52. The molecule has 0 aromatic heterocycles. The Bertz CT molecular complexity index is 2320. The summed E-state index contributed by atoms with van der Waals surface area (Å²) in [6, 6.07) is 30.9. The summed E-state index contributed by atoms with van der Waals surface area (Å²) in [4.78, 5) is 0.974. The van der Waals surface area contributed by atoms with Crippen molar-refractivity contribution in [1.29, 1.82) is 0 Å². The topological polar surface area (TPSA) is 36.9 Å². The molecule has 0 bridgehead atoms. The van der Waals surface area contributed by atoms with E-state index in [1.54, 1.807) is 14.2 Å². The first kappa shape index (κ1) is 39.1. The molecule has 2 aliphatic carbocycles. The van der Waals surface area contributed by atoms with Crippen molar-refractivity contribution in [2.24, 2.45) is 10.8 Å². The number of unbranched alkanes of at least 4 members (excludes halogenated alkanes) is 3. The molecule has 1 fully saturated rings. The maximum Gasteiger partial charge on any atom is 0.178 e. The molecule has 0 radical (unpaired) electrons. The van der Waals surface area contributed by atoms with Gasteiger partial charge in [0.2, 0.25) is 0 Å². The molecule has 9 rings (SSSR count). The van der Waals surface area contributed by atoms with E-state index in [1.165, 1.54) is 63.8 Å². The molecule has 58 heavy (non-hydrogen) atoms. The van der Waals surface area contributed by atoms with Crippen molar-refractivity contribution in [1.82, 2.24) is 0 Å². The summed E-state index contributed by atoms with van der Waals surface area (Å²) in [5.74, 6) is 3.62. The SMILES string of the molecule is CCCCCC1(CCCC)Oc2cc3c4c(c5c(c3cc2S1)OC(c1ccc(OC)cc1)(c1ccc(OC)cc1)C=C5)C1(CC(C)(C)CC(C)(C)C1)c1ccccc1-4. The zero-order valence-electron chi connectivity index (χ0n) is 35.8. The summed E-state index contributed by atoms with van der Waals surface area (Å²) in [7, 11) is 3.44. The molecule has 0 N–H and O–H groups in total. The van der Waals surface area contributed by atoms with E-state index in [2.05, 4.69) is 114 Å². The van der Waals surface area contributed by atoms with E-state index in [-0.39, 0.29) is 21.2 Å². The second-order valence-electron chi connectivity index (χ2n) is 19.1. The van der Waals surface area contributed by atoms with E-state index in [9.17, 15) is 0 Å². The number of rotatable bonds is 11. The van der Waals surface area contributed by atoms with Crippen LogP contribution in [0.1, 0.15) is 134 Å². The number of hydrogen-bond donors (Lipinski definition) is 0. The highest BCUT2D eigenvalue weighted by Gasteiger charge is 2.56. The van der Waals surface area contributed by atoms with Gasteiger partial charge in [-0.2, -0.15) is 0 Å². The summed E-state index contributed by atoms with van der Waals surface area (Å²) in [5, 5.41) is 2.38. The Balaban J connectivity index is 1.34. The van der Waals surface area contributed by atoms with Gasteiger partial charge >= 0.3 is 0 Å². The summed E-state index contributed by atoms with van der Waals surface area (Å²) in [6.07, 6.45) is 16.1. The van der Waals surface area contributed by atoms with E-state index >= 15 is 0 Å². The van der Waals surface area contributed by atoms with Gasteiger partial charge in [-0.15, -0.1) is 0 Å². The van der Waals surface area contributed by atoms with E-state index in [0.29, 0.717) is 0 Å². The molecule has 0 saturated heterocycles. The predicted octanol–water partition coefficient (Wildman–Crippen LogP) is 14.7. The van der Waals surface area contributed by atoms with Crippen molar-refractivity contribution >= 4 is 28.6 Å². The summed E-state index contributed by atoms with van der Waals surface area (Å²) >= 11 is 1.96. The van der Waals surface area contributed by atoms with Crippen LogP contribution in [0.25, 0.3) is 28.0 Å². The first-order chi connectivity index (χ1) is 27.9. The van der Waals surface area contributed by atoms with Gasteiger partial charge in [0.25, 0.3) is 0 Å². The van der Waals surface area contributed by atoms with E-state index in [4.69, 9.17) is 18.9 Å². The minimum atomic E-state index is -0.899. The zero-order valence-corrected chi connectivity index (χ0v) is 36.7. The molecule has 2 aliphatic heterocycles. The van der Waals surface area contributed by atoms with Gasteiger partial charge in [-0.05, 0) is 126 Å². The maximum absolute atomic E-state index is 7.85. The van der Waals surface area contributed by atoms with Gasteiger partial charge in [-0.25, -0.2) is 0 Å². The highest BCUT2D eigenvalue weighted by Crippen LogP contribution is 2.67. The van der Waals surface area contributed by atoms with Crippen molar-refractivity contribution in [3.8, 4) is 34.1 Å². The Kier molecular flexibility index (Phi) is 9.74. The Morgan fingerprint density at radius 2 is 1.29 bits per heavy atom. The number of ether oxygens (including phenoxy) is 4. The van der Waals surface area contributed by atoms with Crippen LogP contribution in [0.5, 0.6) is 23.0 Å². The van der Waals surface area contributed by atoms with Crippen LogP contribution < -0.4 is 18.9 Å². The van der Waals surface area contributed by atoms with Gasteiger partial charge in [0, 0.05) is 27.5 Å². The molecule has 5 aromatic rings. The molecular weight excluding hydrogens is 733 g/mol. The molecule has 4 nitrogen and oxygen atoms in total. The fourth-order valence-electron chi connectivity index (χ4n) is 11.8. The van der Waals surface area contributed by atoms with Crippen LogP contribution in [0, 0.1) is 10.8 Å². The summed E-state index contributed by atoms with van der Waals surface area (Å²) in [5.41, 5.74) is 8.12. The van der Waals surface area contributed by atoms with Crippen LogP contribution in [0.15, 0.2) is 95.9 Å². The molecule has 5 aromatic carbocycles. The number of methoxy groups -OCH3 is 2. The van der Waals surface area contributed by atoms with Crippen molar-refractivity contribution in [2.75, 3.05) is 14.2 Å². The molecular formula is C53H60O4S. The van der Waals surface area contributed by atoms with Gasteiger partial charge < -0.3 is 18.9 Å². The van der Waals surface area contributed by atoms with Gasteiger partial charge in [0.1, 0.15) is 23.0 Å². The third-order valence-electron chi connectivity index (χ3n) is 13.5. The van der Waals surface area contributed by atoms with Crippen LogP contribution in [0.3, 0.4) is 0 Å². The largest absolute Gasteiger partial charge is 0.497 e. The molecule has 302 valence electrons. The average molecular weight is 793 g/mol. The molecule has 2 heterocycles. The van der Waals surface area contributed by atoms with Crippen LogP contribution in [0.2, 0.25) is 0 Å². The van der Waals surface area contributed by atoms with Crippen molar-refractivity contribution < 1.29 is 18.9 Å². The second kappa shape index (κ2) is 14.4. The van der Waals surface area contributed by atoms with Crippen LogP contribution in [-0.4, -0.2) is 19.2 Å². The third kappa shape index (κ3) is 6.33. The minimum absolute atomic E-state index is 0.141. The van der Waals surface area contributed by atoms with Crippen LogP contribution >= 0.6 is 11.8 Å². The Hall–Kier alpha value is -4.35. The van der Waals surface area contributed by atoms with Crippen molar-refractivity contribution in [3.63, 3.8) is 0 Å². The first-order valence-corrected chi connectivity index (χ1v) is 22.5.